The van der Waals surface area contributed by atoms with Crippen molar-refractivity contribution in [3.63, 3.8) is 0 Å². The monoisotopic (exact) mass is 295 g/mol. The van der Waals surface area contributed by atoms with Gasteiger partial charge in [0.1, 0.15) is 5.75 Å². The molecule has 2 nitrogen and oxygen atoms in total. The van der Waals surface area contributed by atoms with E-state index >= 15 is 0 Å². The molecule has 2 aromatic rings. The molecule has 0 saturated heterocycles. The molecule has 2 aromatic carbocycles. The van der Waals surface area contributed by atoms with Gasteiger partial charge in [-0.1, -0.05) is 30.3 Å². The molecule has 0 aliphatic carbocycles. The number of hydrogen-bond donors (Lipinski definition) is 1. The van der Waals surface area contributed by atoms with Gasteiger partial charge in [-0.05, 0) is 30.7 Å². The summed E-state index contributed by atoms with van der Waals surface area (Å²) in [6.07, 6.45) is -3.73. The summed E-state index contributed by atoms with van der Waals surface area (Å²) in [6, 6.07) is 14.8. The molecule has 5 heteroatoms. The number of anilines is 1. The van der Waals surface area contributed by atoms with Crippen LogP contribution >= 0.6 is 0 Å². The lowest BCUT2D eigenvalue weighted by Gasteiger charge is -2.14. The molecule has 2 rings (SSSR count). The molecule has 0 spiro atoms. The third-order valence-corrected chi connectivity index (χ3v) is 2.88. The summed E-state index contributed by atoms with van der Waals surface area (Å²) >= 11 is 0. The van der Waals surface area contributed by atoms with Crippen LogP contribution in [0.2, 0.25) is 0 Å². The first kappa shape index (κ1) is 15.2. The van der Waals surface area contributed by atoms with Gasteiger partial charge in [-0.25, -0.2) is 0 Å². The Morgan fingerprint density at radius 2 is 1.57 bits per heavy atom. The maximum atomic E-state index is 12.8. The van der Waals surface area contributed by atoms with Crippen molar-refractivity contribution in [1.82, 2.24) is 0 Å². The minimum atomic E-state index is -4.34. The van der Waals surface area contributed by atoms with Crippen LogP contribution in [-0.2, 0) is 6.18 Å². The van der Waals surface area contributed by atoms with E-state index in [-0.39, 0.29) is 5.69 Å². The lowest BCUT2D eigenvalue weighted by molar-refractivity contribution is -0.136. The Bertz CT molecular complexity index is 555. The zero-order valence-electron chi connectivity index (χ0n) is 11.4. The van der Waals surface area contributed by atoms with Crippen molar-refractivity contribution in [2.24, 2.45) is 0 Å². The molecule has 0 saturated carbocycles. The van der Waals surface area contributed by atoms with Gasteiger partial charge in [0.15, 0.2) is 0 Å². The van der Waals surface area contributed by atoms with Crippen molar-refractivity contribution < 1.29 is 17.9 Å². The third kappa shape index (κ3) is 4.70. The van der Waals surface area contributed by atoms with E-state index < -0.39 is 11.7 Å². The predicted molar refractivity (Wildman–Crippen MR) is 76.5 cm³/mol. The van der Waals surface area contributed by atoms with Gasteiger partial charge in [0.2, 0.25) is 0 Å². The van der Waals surface area contributed by atoms with Crippen LogP contribution in [0.1, 0.15) is 12.0 Å². The smallest absolute Gasteiger partial charge is 0.418 e. The van der Waals surface area contributed by atoms with Crippen LogP contribution in [0.15, 0.2) is 54.6 Å². The molecule has 21 heavy (non-hydrogen) atoms. The SMILES string of the molecule is FC(F)(F)c1ccccc1NCCCOc1ccccc1. The summed E-state index contributed by atoms with van der Waals surface area (Å²) < 4.78 is 43.8. The van der Waals surface area contributed by atoms with E-state index in [0.717, 1.165) is 11.8 Å². The lowest BCUT2D eigenvalue weighted by atomic mass is 10.1. The largest absolute Gasteiger partial charge is 0.494 e. The average molecular weight is 295 g/mol. The van der Waals surface area contributed by atoms with Crippen LogP contribution in [0.4, 0.5) is 18.9 Å². The lowest BCUT2D eigenvalue weighted by Crippen LogP contribution is -2.13. The van der Waals surface area contributed by atoms with Crippen molar-refractivity contribution in [3.8, 4) is 5.75 Å². The molecule has 0 radical (unpaired) electrons. The molecule has 0 unspecified atom stereocenters. The van der Waals surface area contributed by atoms with Gasteiger partial charge < -0.3 is 10.1 Å². The van der Waals surface area contributed by atoms with Crippen LogP contribution < -0.4 is 10.1 Å². The highest BCUT2D eigenvalue weighted by Crippen LogP contribution is 2.34. The van der Waals surface area contributed by atoms with Gasteiger partial charge in [0.05, 0.1) is 12.2 Å². The fourth-order valence-electron chi connectivity index (χ4n) is 1.89. The minimum Gasteiger partial charge on any atom is -0.494 e. The molecular weight excluding hydrogens is 279 g/mol. The quantitative estimate of drug-likeness (QED) is 0.787. The molecule has 0 fully saturated rings. The fraction of sp³-hybridized carbons (Fsp3) is 0.250. The van der Waals surface area contributed by atoms with Gasteiger partial charge in [-0.3, -0.25) is 0 Å². The Labute approximate surface area is 121 Å². The number of alkyl halides is 3. The van der Waals surface area contributed by atoms with E-state index in [2.05, 4.69) is 5.32 Å². The summed E-state index contributed by atoms with van der Waals surface area (Å²) in [4.78, 5) is 0. The van der Waals surface area contributed by atoms with E-state index in [4.69, 9.17) is 4.74 Å². The number of ether oxygens (including phenoxy) is 1. The van der Waals surface area contributed by atoms with Gasteiger partial charge in [-0.15, -0.1) is 0 Å². The summed E-state index contributed by atoms with van der Waals surface area (Å²) in [5.41, 5.74) is -0.543. The first-order valence-electron chi connectivity index (χ1n) is 6.65. The van der Waals surface area contributed by atoms with Gasteiger partial charge in [0, 0.05) is 12.2 Å². The van der Waals surface area contributed by atoms with Crippen molar-refractivity contribution in [3.05, 3.63) is 60.2 Å². The van der Waals surface area contributed by atoms with Crippen molar-refractivity contribution in [2.75, 3.05) is 18.5 Å². The van der Waals surface area contributed by atoms with E-state index in [1.165, 1.54) is 12.1 Å². The summed E-state index contributed by atoms with van der Waals surface area (Å²) in [5, 5.41) is 2.81. The molecule has 0 heterocycles. The zero-order chi connectivity index (χ0) is 15.1. The molecule has 0 atom stereocenters. The Kier molecular flexibility index (Phi) is 5.09. The second-order valence-corrected chi connectivity index (χ2v) is 4.49. The fourth-order valence-corrected chi connectivity index (χ4v) is 1.89. The molecule has 0 aliphatic heterocycles. The number of hydrogen-bond acceptors (Lipinski definition) is 2. The van der Waals surface area contributed by atoms with Crippen LogP contribution in [-0.4, -0.2) is 13.2 Å². The number of benzene rings is 2. The normalized spacial score (nSPS) is 11.2. The first-order chi connectivity index (χ1) is 10.1. The van der Waals surface area contributed by atoms with E-state index in [9.17, 15) is 13.2 Å². The predicted octanol–water partition coefficient (Wildman–Crippen LogP) is 4.59. The van der Waals surface area contributed by atoms with E-state index in [1.807, 2.05) is 30.3 Å². The number of rotatable bonds is 6. The first-order valence-corrected chi connectivity index (χ1v) is 6.65. The molecule has 112 valence electrons. The number of para-hydroxylation sites is 2. The van der Waals surface area contributed by atoms with Crippen molar-refractivity contribution in [2.45, 2.75) is 12.6 Å². The molecule has 0 aliphatic rings. The van der Waals surface area contributed by atoms with Crippen molar-refractivity contribution >= 4 is 5.69 Å². The van der Waals surface area contributed by atoms with E-state index in [1.54, 1.807) is 6.07 Å². The maximum Gasteiger partial charge on any atom is 0.418 e. The Balaban J connectivity index is 1.79. The summed E-state index contributed by atoms with van der Waals surface area (Å²) in [6.45, 7) is 0.866. The second-order valence-electron chi connectivity index (χ2n) is 4.49. The Morgan fingerprint density at radius 1 is 0.905 bits per heavy atom. The summed E-state index contributed by atoms with van der Waals surface area (Å²) in [5.74, 6) is 0.758. The minimum absolute atomic E-state index is 0.102. The molecule has 0 aromatic heterocycles. The number of halogens is 3. The van der Waals surface area contributed by atoms with Gasteiger partial charge >= 0.3 is 6.18 Å². The highest BCUT2D eigenvalue weighted by atomic mass is 19.4. The molecule has 1 N–H and O–H groups in total. The highest BCUT2D eigenvalue weighted by molar-refractivity contribution is 5.52. The van der Waals surface area contributed by atoms with Crippen molar-refractivity contribution in [1.29, 1.82) is 0 Å². The maximum absolute atomic E-state index is 12.8. The summed E-state index contributed by atoms with van der Waals surface area (Å²) in [7, 11) is 0. The van der Waals surface area contributed by atoms with Gasteiger partial charge in [0.25, 0.3) is 0 Å². The Morgan fingerprint density at radius 3 is 2.29 bits per heavy atom. The number of nitrogens with one attached hydrogen (secondary N) is 1. The zero-order valence-corrected chi connectivity index (χ0v) is 11.4. The third-order valence-electron chi connectivity index (χ3n) is 2.88. The standard InChI is InChI=1S/C16H16F3NO/c17-16(18,19)14-9-4-5-10-15(14)20-11-6-12-21-13-7-2-1-3-8-13/h1-5,7-10,20H,6,11-12H2. The second kappa shape index (κ2) is 7.02. The van der Waals surface area contributed by atoms with E-state index in [0.29, 0.717) is 19.6 Å². The Hall–Kier alpha value is -2.17. The van der Waals surface area contributed by atoms with Crippen LogP contribution in [0, 0.1) is 0 Å². The van der Waals surface area contributed by atoms with Crippen LogP contribution in [0.3, 0.4) is 0 Å². The van der Waals surface area contributed by atoms with Crippen LogP contribution in [0.5, 0.6) is 5.75 Å². The highest BCUT2D eigenvalue weighted by Gasteiger charge is 2.32. The van der Waals surface area contributed by atoms with Gasteiger partial charge in [-0.2, -0.15) is 13.2 Å². The van der Waals surface area contributed by atoms with Crippen LogP contribution in [0.25, 0.3) is 0 Å². The molecule has 0 bridgehead atoms. The molecular formula is C16H16F3NO. The molecule has 0 amide bonds. The topological polar surface area (TPSA) is 21.3 Å². The average Bonchev–Trinajstić information content (AvgIpc) is 2.47.